The van der Waals surface area contributed by atoms with E-state index in [1.165, 1.54) is 22.5 Å². The summed E-state index contributed by atoms with van der Waals surface area (Å²) in [5, 5.41) is 0.466. The average molecular weight is 505 g/mol. The Hall–Kier alpha value is -2.92. The lowest BCUT2D eigenvalue weighted by atomic mass is 10.2. The maximum Gasteiger partial charge on any atom is 0.250 e. The molecule has 2 aromatic heterocycles. The number of hydrogen-bond donors (Lipinski definition) is 1. The maximum atomic E-state index is 13.2. The van der Waals surface area contributed by atoms with Crippen molar-refractivity contribution in [1.29, 1.82) is 0 Å². The highest BCUT2D eigenvalue weighted by Crippen LogP contribution is 2.21. The zero-order valence-corrected chi connectivity index (χ0v) is 20.2. The van der Waals surface area contributed by atoms with E-state index in [2.05, 4.69) is 0 Å². The van der Waals surface area contributed by atoms with E-state index in [0.717, 1.165) is 0 Å². The fourth-order valence-corrected chi connectivity index (χ4v) is 5.60. The van der Waals surface area contributed by atoms with E-state index in [0.29, 0.717) is 41.8 Å². The third-order valence-corrected chi connectivity index (χ3v) is 8.13. The highest BCUT2D eigenvalue weighted by molar-refractivity contribution is 7.89. The third kappa shape index (κ3) is 4.95. The van der Waals surface area contributed by atoms with Gasteiger partial charge in [0.05, 0.1) is 35.5 Å². The van der Waals surface area contributed by atoms with Gasteiger partial charge >= 0.3 is 0 Å². The number of piperazine rings is 1. The lowest BCUT2D eigenvalue weighted by Crippen LogP contribution is -2.49. The van der Waals surface area contributed by atoms with Crippen LogP contribution in [0.1, 0.15) is 32.3 Å². The summed E-state index contributed by atoms with van der Waals surface area (Å²) in [6.07, 6.45) is 1.54. The summed E-state index contributed by atoms with van der Waals surface area (Å²) in [5.41, 5.74) is 6.73. The number of sulfonamides is 1. The molecule has 180 valence electrons. The van der Waals surface area contributed by atoms with Crippen molar-refractivity contribution in [3.8, 4) is 0 Å². The van der Waals surface area contributed by atoms with Crippen molar-refractivity contribution in [2.45, 2.75) is 18.4 Å². The summed E-state index contributed by atoms with van der Waals surface area (Å²) < 4.78 is 34.3. The fourth-order valence-electron chi connectivity index (χ4n) is 4.06. The number of nitrogens with zero attached hydrogens (tertiary/aromatic N) is 3. The van der Waals surface area contributed by atoms with E-state index < -0.39 is 15.9 Å². The van der Waals surface area contributed by atoms with Crippen LogP contribution in [0.3, 0.4) is 0 Å². The summed E-state index contributed by atoms with van der Waals surface area (Å²) in [4.78, 5) is 27.1. The summed E-state index contributed by atoms with van der Waals surface area (Å²) in [5.74, 6) is -0.147. The number of halogens is 1. The van der Waals surface area contributed by atoms with Crippen molar-refractivity contribution in [2.24, 2.45) is 5.73 Å². The maximum absolute atomic E-state index is 13.2. The number of nitrogens with two attached hydrogens (primary N) is 1. The molecule has 1 aliphatic heterocycles. The fraction of sp³-hybridized carbons (Fsp3) is 0.304. The van der Waals surface area contributed by atoms with Gasteiger partial charge in [-0.05, 0) is 49.4 Å². The van der Waals surface area contributed by atoms with Gasteiger partial charge in [0.25, 0.3) is 5.91 Å². The SMILES string of the molecule is Cc1c(C(N)=O)cc(C(=O)CN2CCN(S(=O)(=O)c3ccc(Cl)cc3)CC2)n1Cc1ccco1. The van der Waals surface area contributed by atoms with Crippen molar-refractivity contribution in [3.05, 3.63) is 76.5 Å². The number of carbonyl (C=O) groups excluding carboxylic acids is 2. The van der Waals surface area contributed by atoms with Crippen LogP contribution >= 0.6 is 11.6 Å². The second kappa shape index (κ2) is 9.75. The van der Waals surface area contributed by atoms with Crippen LogP contribution in [0.25, 0.3) is 0 Å². The van der Waals surface area contributed by atoms with Crippen LogP contribution in [0.15, 0.2) is 58.0 Å². The molecule has 1 aromatic carbocycles. The van der Waals surface area contributed by atoms with Crippen LogP contribution in [0.2, 0.25) is 5.02 Å². The standard InChI is InChI=1S/C23H25ClN4O5S/c1-16-20(23(25)30)13-21(28(16)14-18-3-2-12-33-18)22(29)15-26-8-10-27(11-9-26)34(31,32)19-6-4-17(24)5-7-19/h2-7,12-13H,8-11,14-15H2,1H3,(H2,25,30). The summed E-state index contributed by atoms with van der Waals surface area (Å²) in [6.45, 7) is 3.45. The molecule has 34 heavy (non-hydrogen) atoms. The van der Waals surface area contributed by atoms with Crippen LogP contribution in [0.4, 0.5) is 0 Å². The van der Waals surface area contributed by atoms with Crippen molar-refractivity contribution >= 4 is 33.3 Å². The van der Waals surface area contributed by atoms with Gasteiger partial charge in [-0.1, -0.05) is 11.6 Å². The van der Waals surface area contributed by atoms with Gasteiger partial charge in [0.1, 0.15) is 5.76 Å². The average Bonchev–Trinajstić information content (AvgIpc) is 3.43. The number of aromatic nitrogens is 1. The van der Waals surface area contributed by atoms with Gasteiger partial charge in [-0.15, -0.1) is 0 Å². The van der Waals surface area contributed by atoms with Gasteiger partial charge < -0.3 is 14.7 Å². The Morgan fingerprint density at radius 2 is 1.76 bits per heavy atom. The minimum atomic E-state index is -3.63. The number of furan rings is 1. The van der Waals surface area contributed by atoms with Crippen molar-refractivity contribution in [2.75, 3.05) is 32.7 Å². The van der Waals surface area contributed by atoms with E-state index >= 15 is 0 Å². The molecule has 0 atom stereocenters. The zero-order chi connectivity index (χ0) is 24.5. The Labute approximate surface area is 202 Å². The normalized spacial score (nSPS) is 15.5. The molecule has 0 aliphatic carbocycles. The van der Waals surface area contributed by atoms with E-state index in [1.807, 2.05) is 4.90 Å². The second-order valence-corrected chi connectivity index (χ2v) is 10.5. The minimum Gasteiger partial charge on any atom is -0.467 e. The Morgan fingerprint density at radius 1 is 1.09 bits per heavy atom. The van der Waals surface area contributed by atoms with Crippen LogP contribution in [-0.2, 0) is 16.6 Å². The molecule has 1 amide bonds. The lowest BCUT2D eigenvalue weighted by Gasteiger charge is -2.33. The first-order valence-corrected chi connectivity index (χ1v) is 12.5. The predicted octanol–water partition coefficient (Wildman–Crippen LogP) is 2.38. The molecule has 11 heteroatoms. The Bertz CT molecular complexity index is 1290. The van der Waals surface area contributed by atoms with Gasteiger partial charge in [-0.25, -0.2) is 8.42 Å². The molecule has 0 spiro atoms. The number of hydrogen-bond acceptors (Lipinski definition) is 6. The first-order chi connectivity index (χ1) is 16.2. The molecule has 1 aliphatic rings. The molecular formula is C23H25ClN4O5S. The smallest absolute Gasteiger partial charge is 0.250 e. The molecule has 3 aromatic rings. The Kier molecular flexibility index (Phi) is 6.94. The van der Waals surface area contributed by atoms with Gasteiger partial charge in [0.15, 0.2) is 5.78 Å². The quantitative estimate of drug-likeness (QED) is 0.470. The summed E-state index contributed by atoms with van der Waals surface area (Å²) in [6, 6.07) is 11.1. The second-order valence-electron chi connectivity index (χ2n) is 8.12. The minimum absolute atomic E-state index is 0.0919. The number of rotatable bonds is 8. The highest BCUT2D eigenvalue weighted by atomic mass is 35.5. The van der Waals surface area contributed by atoms with Crippen molar-refractivity contribution in [1.82, 2.24) is 13.8 Å². The summed E-state index contributed by atoms with van der Waals surface area (Å²) >= 11 is 5.87. The van der Waals surface area contributed by atoms with Crippen LogP contribution < -0.4 is 5.73 Å². The van der Waals surface area contributed by atoms with Gasteiger partial charge in [-0.3, -0.25) is 14.5 Å². The molecule has 0 radical (unpaired) electrons. The molecule has 9 nitrogen and oxygen atoms in total. The van der Waals surface area contributed by atoms with E-state index in [4.69, 9.17) is 21.8 Å². The molecule has 0 bridgehead atoms. The first-order valence-electron chi connectivity index (χ1n) is 10.7. The van der Waals surface area contributed by atoms with Gasteiger partial charge in [0.2, 0.25) is 10.0 Å². The Balaban J connectivity index is 1.45. The lowest BCUT2D eigenvalue weighted by molar-refractivity contribution is 0.0892. The van der Waals surface area contributed by atoms with Crippen LogP contribution in [0.5, 0.6) is 0 Å². The molecule has 0 saturated carbocycles. The zero-order valence-electron chi connectivity index (χ0n) is 18.6. The topological polar surface area (TPSA) is 119 Å². The van der Waals surface area contributed by atoms with Crippen LogP contribution in [-0.4, -0.2) is 66.6 Å². The highest BCUT2D eigenvalue weighted by Gasteiger charge is 2.30. The largest absolute Gasteiger partial charge is 0.467 e. The number of ketones is 1. The van der Waals surface area contributed by atoms with Gasteiger partial charge in [0, 0.05) is 36.9 Å². The number of benzene rings is 1. The number of carbonyl (C=O) groups is 2. The number of Topliss-reactive ketones (excluding diaryl/α,β-unsaturated/α-hetero) is 1. The molecule has 2 N–H and O–H groups in total. The number of primary amides is 1. The van der Waals surface area contributed by atoms with Crippen molar-refractivity contribution < 1.29 is 22.4 Å². The monoisotopic (exact) mass is 504 g/mol. The van der Waals surface area contributed by atoms with Crippen molar-refractivity contribution in [3.63, 3.8) is 0 Å². The van der Waals surface area contributed by atoms with Crippen LogP contribution in [0, 0.1) is 6.92 Å². The summed E-state index contributed by atoms with van der Waals surface area (Å²) in [7, 11) is -3.63. The van der Waals surface area contributed by atoms with E-state index in [9.17, 15) is 18.0 Å². The van der Waals surface area contributed by atoms with E-state index in [-0.39, 0.29) is 35.9 Å². The predicted molar refractivity (Wildman–Crippen MR) is 126 cm³/mol. The van der Waals surface area contributed by atoms with Gasteiger partial charge in [-0.2, -0.15) is 4.31 Å². The molecule has 1 fully saturated rings. The first kappa shape index (κ1) is 24.2. The Morgan fingerprint density at radius 3 is 2.35 bits per heavy atom. The molecule has 1 saturated heterocycles. The molecule has 0 unspecified atom stereocenters. The number of amides is 1. The van der Waals surface area contributed by atoms with E-state index in [1.54, 1.807) is 42.0 Å². The molecule has 3 heterocycles. The molecule has 4 rings (SSSR count). The molecular weight excluding hydrogens is 480 g/mol. The third-order valence-electron chi connectivity index (χ3n) is 5.96.